The minimum Gasteiger partial charge on any atom is -0.390 e. The summed E-state index contributed by atoms with van der Waals surface area (Å²) < 4.78 is 32.0. The van der Waals surface area contributed by atoms with Crippen LogP contribution in [0.2, 0.25) is 0 Å². The van der Waals surface area contributed by atoms with Crippen LogP contribution in [0.25, 0.3) is 0 Å². The first-order valence-electron chi connectivity index (χ1n) is 9.78. The molecule has 8 atom stereocenters. The lowest BCUT2D eigenvalue weighted by atomic mass is 9.45. The van der Waals surface area contributed by atoms with Crippen LogP contribution in [-0.2, 0) is 9.59 Å². The molecule has 3 fully saturated rings. The van der Waals surface area contributed by atoms with Crippen molar-refractivity contribution in [2.45, 2.75) is 51.1 Å². The monoisotopic (exact) mass is 392 g/mol. The molecule has 0 aliphatic heterocycles. The number of ketones is 2. The normalized spacial score (nSPS) is 49.9. The zero-order chi connectivity index (χ0) is 20.6. The number of hydrogen-bond donors (Lipinski definition) is 2. The quantitative estimate of drug-likeness (QED) is 0.709. The van der Waals surface area contributed by atoms with E-state index in [9.17, 15) is 19.8 Å². The zero-order valence-electron chi connectivity index (χ0n) is 16.1. The van der Waals surface area contributed by atoms with Gasteiger partial charge in [0.25, 0.3) is 0 Å². The van der Waals surface area contributed by atoms with Gasteiger partial charge in [0.05, 0.1) is 6.10 Å². The van der Waals surface area contributed by atoms with Gasteiger partial charge in [0.15, 0.2) is 17.2 Å². The number of carbonyl (C=O) groups is 2. The van der Waals surface area contributed by atoms with Gasteiger partial charge in [-0.1, -0.05) is 25.2 Å². The van der Waals surface area contributed by atoms with Gasteiger partial charge < -0.3 is 10.2 Å². The number of aliphatic hydroxyl groups is 2. The molecule has 0 amide bonds. The van der Waals surface area contributed by atoms with Gasteiger partial charge >= 0.3 is 0 Å². The molecule has 4 aliphatic carbocycles. The van der Waals surface area contributed by atoms with E-state index in [1.54, 1.807) is 6.92 Å². The SMILES string of the molecule is C=C1C[C@H]2[C@@H]3CC(F)C4=CC(=O)C=C[C@]4(C)[C@@]3(F)C(O)C[C@]2(C)[C@H]1C(=O)CO. The van der Waals surface area contributed by atoms with Crippen LogP contribution in [0.4, 0.5) is 8.78 Å². The number of rotatable bonds is 2. The average molecular weight is 392 g/mol. The van der Waals surface area contributed by atoms with Crippen molar-refractivity contribution in [1.82, 2.24) is 0 Å². The molecular formula is C22H26F2O4. The Morgan fingerprint density at radius 1 is 1.36 bits per heavy atom. The van der Waals surface area contributed by atoms with Crippen molar-refractivity contribution >= 4 is 11.6 Å². The van der Waals surface area contributed by atoms with Crippen molar-refractivity contribution in [3.05, 3.63) is 36.0 Å². The van der Waals surface area contributed by atoms with E-state index in [1.165, 1.54) is 12.2 Å². The van der Waals surface area contributed by atoms with Gasteiger partial charge in [-0.3, -0.25) is 9.59 Å². The van der Waals surface area contributed by atoms with Crippen molar-refractivity contribution in [1.29, 1.82) is 0 Å². The predicted molar refractivity (Wildman–Crippen MR) is 98.7 cm³/mol. The molecule has 0 aromatic carbocycles. The molecule has 4 aliphatic rings. The number of halogens is 2. The number of allylic oxidation sites excluding steroid dienone is 5. The lowest BCUT2D eigenvalue weighted by molar-refractivity contribution is -0.202. The fourth-order valence-electron chi connectivity index (χ4n) is 6.85. The predicted octanol–water partition coefficient (Wildman–Crippen LogP) is 2.65. The van der Waals surface area contributed by atoms with E-state index in [0.29, 0.717) is 12.0 Å². The minimum absolute atomic E-state index is 0.0156. The molecule has 4 nitrogen and oxygen atoms in total. The molecule has 2 N–H and O–H groups in total. The second kappa shape index (κ2) is 5.92. The topological polar surface area (TPSA) is 74.6 Å². The second-order valence-electron chi connectivity index (χ2n) is 9.37. The van der Waals surface area contributed by atoms with Crippen LogP contribution in [0.5, 0.6) is 0 Å². The van der Waals surface area contributed by atoms with Gasteiger partial charge in [-0.2, -0.15) is 0 Å². The number of Topliss-reactive ketones (excluding diaryl/α,β-unsaturated/α-hetero) is 1. The van der Waals surface area contributed by atoms with E-state index < -0.39 is 53.0 Å². The van der Waals surface area contributed by atoms with Crippen molar-refractivity contribution in [2.75, 3.05) is 6.61 Å². The van der Waals surface area contributed by atoms with E-state index in [2.05, 4.69) is 6.58 Å². The molecule has 0 aromatic heterocycles. The van der Waals surface area contributed by atoms with E-state index >= 15 is 8.78 Å². The molecule has 0 bridgehead atoms. The molecule has 0 radical (unpaired) electrons. The summed E-state index contributed by atoms with van der Waals surface area (Å²) in [7, 11) is 0. The van der Waals surface area contributed by atoms with Crippen molar-refractivity contribution in [2.24, 2.45) is 28.6 Å². The summed E-state index contributed by atoms with van der Waals surface area (Å²) in [5, 5.41) is 20.4. The molecule has 0 aromatic rings. The highest BCUT2D eigenvalue weighted by Crippen LogP contribution is 2.69. The van der Waals surface area contributed by atoms with Crippen LogP contribution in [-0.4, -0.2) is 46.3 Å². The first-order valence-corrected chi connectivity index (χ1v) is 9.78. The summed E-state index contributed by atoms with van der Waals surface area (Å²) in [6.07, 6.45) is 1.10. The van der Waals surface area contributed by atoms with Gasteiger partial charge in [-0.05, 0) is 55.2 Å². The van der Waals surface area contributed by atoms with Gasteiger partial charge in [-0.15, -0.1) is 0 Å². The Bertz CT molecular complexity index is 832. The molecule has 6 heteroatoms. The Labute approximate surface area is 163 Å². The lowest BCUT2D eigenvalue weighted by Gasteiger charge is -2.62. The summed E-state index contributed by atoms with van der Waals surface area (Å²) in [4.78, 5) is 24.2. The molecule has 4 rings (SSSR count). The minimum atomic E-state index is -2.15. The van der Waals surface area contributed by atoms with Crippen LogP contribution in [0.1, 0.15) is 33.1 Å². The van der Waals surface area contributed by atoms with Gasteiger partial charge in [0.2, 0.25) is 0 Å². The molecule has 2 unspecified atom stereocenters. The Morgan fingerprint density at radius 3 is 2.68 bits per heavy atom. The maximum atomic E-state index is 16.8. The standard InChI is InChI=1S/C22H26F2O4/c1-11-6-13-14-8-16(23)15-7-12(26)4-5-21(15,3)22(14,24)18(28)9-20(13,2)19(11)17(27)10-25/h4-5,7,13-14,16,18-19,25,28H,1,6,8-10H2,2-3H3/t13-,14-,16?,18?,19+,20-,21-,22-/m0/s1. The average Bonchev–Trinajstić information content (AvgIpc) is 2.89. The number of aliphatic hydroxyl groups excluding tert-OH is 2. The highest BCUT2D eigenvalue weighted by atomic mass is 19.1. The molecule has 152 valence electrons. The first kappa shape index (κ1) is 19.6. The number of hydrogen-bond acceptors (Lipinski definition) is 4. The third-order valence-electron chi connectivity index (χ3n) is 8.09. The van der Waals surface area contributed by atoms with Crippen LogP contribution < -0.4 is 0 Å². The number of carbonyl (C=O) groups excluding carboxylic acids is 2. The van der Waals surface area contributed by atoms with E-state index in [4.69, 9.17) is 0 Å². The maximum Gasteiger partial charge on any atom is 0.178 e. The second-order valence-corrected chi connectivity index (χ2v) is 9.37. The summed E-state index contributed by atoms with van der Waals surface area (Å²) in [5.41, 5.74) is -3.67. The molecule has 0 saturated heterocycles. The highest BCUT2D eigenvalue weighted by Gasteiger charge is 2.72. The molecule has 0 spiro atoms. The molecular weight excluding hydrogens is 366 g/mol. The van der Waals surface area contributed by atoms with Crippen LogP contribution in [0.15, 0.2) is 36.0 Å². The fourth-order valence-corrected chi connectivity index (χ4v) is 6.85. The highest BCUT2D eigenvalue weighted by molar-refractivity contribution is 6.01. The van der Waals surface area contributed by atoms with Crippen LogP contribution in [0, 0.1) is 28.6 Å². The summed E-state index contributed by atoms with van der Waals surface area (Å²) in [5.74, 6) is -2.65. The van der Waals surface area contributed by atoms with Crippen LogP contribution >= 0.6 is 0 Å². The van der Waals surface area contributed by atoms with E-state index in [1.807, 2.05) is 6.92 Å². The third-order valence-corrected chi connectivity index (χ3v) is 8.09. The zero-order valence-corrected chi connectivity index (χ0v) is 16.1. The van der Waals surface area contributed by atoms with Gasteiger partial charge in [-0.25, -0.2) is 8.78 Å². The fraction of sp³-hybridized carbons (Fsp3) is 0.636. The Morgan fingerprint density at radius 2 is 2.04 bits per heavy atom. The van der Waals surface area contributed by atoms with Crippen LogP contribution in [0.3, 0.4) is 0 Å². The van der Waals surface area contributed by atoms with E-state index in [0.717, 1.165) is 6.08 Å². The Hall–Kier alpha value is -1.66. The van der Waals surface area contributed by atoms with Gasteiger partial charge in [0, 0.05) is 17.3 Å². The van der Waals surface area contributed by atoms with Crippen molar-refractivity contribution < 1.29 is 28.6 Å². The first-order chi connectivity index (χ1) is 13.0. The Balaban J connectivity index is 1.85. The van der Waals surface area contributed by atoms with Gasteiger partial charge in [0.1, 0.15) is 12.8 Å². The lowest BCUT2D eigenvalue weighted by Crippen LogP contribution is -2.68. The molecule has 28 heavy (non-hydrogen) atoms. The Kier molecular flexibility index (Phi) is 4.16. The molecule has 3 saturated carbocycles. The third kappa shape index (κ3) is 2.16. The summed E-state index contributed by atoms with van der Waals surface area (Å²) in [6.45, 7) is 6.71. The largest absolute Gasteiger partial charge is 0.390 e. The maximum absolute atomic E-state index is 16.8. The van der Waals surface area contributed by atoms with E-state index in [-0.39, 0.29) is 30.1 Å². The summed E-state index contributed by atoms with van der Waals surface area (Å²) >= 11 is 0. The van der Waals surface area contributed by atoms with Crippen molar-refractivity contribution in [3.8, 4) is 0 Å². The van der Waals surface area contributed by atoms with Crippen molar-refractivity contribution in [3.63, 3.8) is 0 Å². The smallest absolute Gasteiger partial charge is 0.178 e. The number of fused-ring (bicyclic) bond motifs is 5. The summed E-state index contributed by atoms with van der Waals surface area (Å²) in [6, 6.07) is 0. The number of alkyl halides is 2. The molecule has 0 heterocycles.